The summed E-state index contributed by atoms with van der Waals surface area (Å²) >= 11 is 3.77. The molecular formula is C38H37BrN2O10. The molecule has 2 aliphatic heterocycles. The van der Waals surface area contributed by atoms with E-state index in [9.17, 15) is 19.2 Å². The lowest BCUT2D eigenvalue weighted by Crippen LogP contribution is -2.49. The molecule has 7 rings (SSSR count). The Balaban J connectivity index is 1.33. The summed E-state index contributed by atoms with van der Waals surface area (Å²) in [6, 6.07) is 11.7. The molecule has 2 unspecified atom stereocenters. The molecule has 2 atom stereocenters. The summed E-state index contributed by atoms with van der Waals surface area (Å²) in [5, 5.41) is 5.90. The minimum Gasteiger partial charge on any atom is -0.359 e. The first-order chi connectivity index (χ1) is 24.8. The average Bonchev–Trinajstić information content (AvgIpc) is 3.13. The van der Waals surface area contributed by atoms with Crippen LogP contribution in [0.2, 0.25) is 0 Å². The van der Waals surface area contributed by atoms with Crippen molar-refractivity contribution in [2.45, 2.75) is 38.8 Å². The van der Waals surface area contributed by atoms with E-state index >= 15 is 0 Å². The van der Waals surface area contributed by atoms with Crippen LogP contribution in [-0.4, -0.2) is 100 Å². The van der Waals surface area contributed by atoms with Gasteiger partial charge in [-0.05, 0) is 58.7 Å². The summed E-state index contributed by atoms with van der Waals surface area (Å²) in [5.74, 6) is -1.59. The maximum atomic E-state index is 14.2. The topological polar surface area (TPSA) is 130 Å². The minimum atomic E-state index is -0.514. The lowest BCUT2D eigenvalue weighted by molar-refractivity contribution is -0.125. The van der Waals surface area contributed by atoms with Crippen LogP contribution in [0.25, 0.3) is 43.1 Å². The summed E-state index contributed by atoms with van der Waals surface area (Å²) < 4.78 is 32.1. The number of carbonyl (C=O) groups excluding carboxylic acids is 4. The zero-order chi connectivity index (χ0) is 36.0. The van der Waals surface area contributed by atoms with Crippen LogP contribution in [-0.2, 0) is 28.4 Å². The molecule has 0 N–H and O–H groups in total. The van der Waals surface area contributed by atoms with Crippen LogP contribution in [0.1, 0.15) is 68.1 Å². The first-order valence-electron chi connectivity index (χ1n) is 16.7. The van der Waals surface area contributed by atoms with Crippen LogP contribution in [0.3, 0.4) is 0 Å². The fraction of sp³-hybridized carbons (Fsp3) is 0.368. The maximum absolute atomic E-state index is 14.2. The van der Waals surface area contributed by atoms with Gasteiger partial charge >= 0.3 is 0 Å². The van der Waals surface area contributed by atoms with Gasteiger partial charge in [0, 0.05) is 62.5 Å². The number of hydrogen-bond acceptors (Lipinski definition) is 10. The van der Waals surface area contributed by atoms with Gasteiger partial charge in [-0.1, -0.05) is 48.0 Å². The Morgan fingerprint density at radius 1 is 0.529 bits per heavy atom. The molecule has 51 heavy (non-hydrogen) atoms. The van der Waals surface area contributed by atoms with E-state index in [1.807, 2.05) is 32.0 Å². The van der Waals surface area contributed by atoms with Crippen molar-refractivity contribution in [3.63, 3.8) is 0 Å². The number of rotatable bonds is 16. The molecule has 0 aliphatic carbocycles. The van der Waals surface area contributed by atoms with E-state index in [2.05, 4.69) is 15.9 Å². The number of methoxy groups -OCH3 is 2. The fourth-order valence-electron chi connectivity index (χ4n) is 7.49. The number of ether oxygens (including phenoxy) is 6. The number of amides is 4. The van der Waals surface area contributed by atoms with E-state index in [1.165, 1.54) is 24.0 Å². The lowest BCUT2D eigenvalue weighted by Gasteiger charge is -2.35. The standard InChI is InChI=1S/C38H37BrN2O10/c1-5-20(14-48-18-50-16-46-3)40-35(42)25-10-7-22-23-8-11-27-32-28(38(45)41(37(27)44)21(6-2)15-49-19-51-17-47-4)13-29(39)33(34(23)32)24-9-12-26(36(40)43)31(25)30(22)24/h7-13,20-21H,5-6,14-19H2,1-4H3. The van der Waals surface area contributed by atoms with Crippen molar-refractivity contribution in [3.8, 4) is 0 Å². The molecule has 0 spiro atoms. The Morgan fingerprint density at radius 3 is 1.43 bits per heavy atom. The van der Waals surface area contributed by atoms with Gasteiger partial charge < -0.3 is 28.4 Å². The van der Waals surface area contributed by atoms with Gasteiger partial charge in [0.1, 0.15) is 27.2 Å². The Morgan fingerprint density at radius 2 is 0.961 bits per heavy atom. The Labute approximate surface area is 301 Å². The van der Waals surface area contributed by atoms with Crippen LogP contribution >= 0.6 is 15.9 Å². The number of carbonyl (C=O) groups is 4. The first-order valence-corrected chi connectivity index (χ1v) is 17.5. The second kappa shape index (κ2) is 14.5. The second-order valence-corrected chi connectivity index (χ2v) is 13.4. The second-order valence-electron chi connectivity index (χ2n) is 12.5. The molecule has 5 aromatic carbocycles. The van der Waals surface area contributed by atoms with Crippen LogP contribution in [0.5, 0.6) is 0 Å². The molecule has 2 heterocycles. The van der Waals surface area contributed by atoms with Crippen LogP contribution in [0.4, 0.5) is 0 Å². The number of halogens is 1. The molecule has 5 aromatic rings. The summed E-state index contributed by atoms with van der Waals surface area (Å²) in [6.45, 7) is 4.09. The maximum Gasteiger partial charge on any atom is 0.261 e. The van der Waals surface area contributed by atoms with E-state index in [0.717, 1.165) is 32.3 Å². The molecule has 2 aliphatic rings. The molecule has 266 valence electrons. The van der Waals surface area contributed by atoms with Gasteiger partial charge in [0.2, 0.25) is 0 Å². The minimum absolute atomic E-state index is 0.0315. The zero-order valence-electron chi connectivity index (χ0n) is 28.7. The molecule has 0 radical (unpaired) electrons. The molecule has 13 heteroatoms. The summed E-state index contributed by atoms with van der Waals surface area (Å²) in [7, 11) is 3.02. The highest BCUT2D eigenvalue weighted by Gasteiger charge is 2.40. The molecule has 0 saturated heterocycles. The van der Waals surface area contributed by atoms with Crippen LogP contribution < -0.4 is 0 Å². The Hall–Kier alpha value is -4.08. The van der Waals surface area contributed by atoms with Crippen molar-refractivity contribution in [1.82, 2.24) is 9.80 Å². The van der Waals surface area contributed by atoms with Crippen molar-refractivity contribution in [1.29, 1.82) is 0 Å². The van der Waals surface area contributed by atoms with Gasteiger partial charge in [-0.15, -0.1) is 0 Å². The highest BCUT2D eigenvalue weighted by molar-refractivity contribution is 9.10. The summed E-state index contributed by atoms with van der Waals surface area (Å²) in [4.78, 5) is 59.1. The number of nitrogens with zero attached hydrogens (tertiary/aromatic N) is 2. The molecule has 0 bridgehead atoms. The van der Waals surface area contributed by atoms with Gasteiger partial charge in [0.25, 0.3) is 23.6 Å². The van der Waals surface area contributed by atoms with Crippen molar-refractivity contribution >= 4 is 82.6 Å². The van der Waals surface area contributed by atoms with E-state index in [4.69, 9.17) is 28.4 Å². The molecule has 0 fully saturated rings. The van der Waals surface area contributed by atoms with Gasteiger partial charge in [-0.3, -0.25) is 29.0 Å². The van der Waals surface area contributed by atoms with Crippen LogP contribution in [0.15, 0.2) is 46.9 Å². The average molecular weight is 762 g/mol. The molecular weight excluding hydrogens is 724 g/mol. The van der Waals surface area contributed by atoms with E-state index < -0.39 is 35.7 Å². The molecule has 0 aromatic heterocycles. The zero-order valence-corrected chi connectivity index (χ0v) is 30.3. The predicted molar refractivity (Wildman–Crippen MR) is 192 cm³/mol. The van der Waals surface area contributed by atoms with Gasteiger partial charge in [0.15, 0.2) is 0 Å². The van der Waals surface area contributed by atoms with Gasteiger partial charge in [-0.2, -0.15) is 0 Å². The largest absolute Gasteiger partial charge is 0.359 e. The number of imide groups is 2. The Bertz CT molecular complexity index is 2180. The normalized spacial score (nSPS) is 15.8. The van der Waals surface area contributed by atoms with E-state index in [0.29, 0.717) is 50.3 Å². The van der Waals surface area contributed by atoms with Crippen LogP contribution in [0, 0.1) is 0 Å². The summed E-state index contributed by atoms with van der Waals surface area (Å²) in [5.41, 5.74) is 1.67. The third-order valence-electron chi connectivity index (χ3n) is 9.78. The lowest BCUT2D eigenvalue weighted by atomic mass is 9.82. The number of hydrogen-bond donors (Lipinski definition) is 0. The third kappa shape index (κ3) is 5.68. The predicted octanol–water partition coefficient (Wildman–Crippen LogP) is 6.44. The highest BCUT2D eigenvalue weighted by atomic mass is 79.9. The number of fused-ring (bicyclic) bond motifs is 2. The SMILES string of the molecule is CCC(COCOCOC)N1C(=O)c2ccc3c4ccc5c6c(cc(Br)c(c7ccc(c2c37)C1=O)c64)C(=O)N(C(CC)COCOCOC)C5=O. The summed E-state index contributed by atoms with van der Waals surface area (Å²) in [6.07, 6.45) is 0.981. The highest BCUT2D eigenvalue weighted by Crippen LogP contribution is 2.48. The van der Waals surface area contributed by atoms with E-state index in [1.54, 1.807) is 24.3 Å². The molecule has 0 saturated carbocycles. The first kappa shape index (κ1) is 35.3. The third-order valence-corrected chi connectivity index (χ3v) is 10.4. The van der Waals surface area contributed by atoms with Gasteiger partial charge in [-0.25, -0.2) is 0 Å². The van der Waals surface area contributed by atoms with Crippen molar-refractivity contribution in [3.05, 3.63) is 69.2 Å². The molecule has 4 amide bonds. The smallest absolute Gasteiger partial charge is 0.261 e. The fourth-order valence-corrected chi connectivity index (χ4v) is 8.13. The number of benzene rings is 5. The Kier molecular flexibility index (Phi) is 10.0. The van der Waals surface area contributed by atoms with Crippen molar-refractivity contribution in [2.24, 2.45) is 0 Å². The van der Waals surface area contributed by atoms with Gasteiger partial charge in [0.05, 0.1) is 25.3 Å². The van der Waals surface area contributed by atoms with Crippen molar-refractivity contribution < 1.29 is 47.6 Å². The monoisotopic (exact) mass is 760 g/mol. The van der Waals surface area contributed by atoms with E-state index in [-0.39, 0.29) is 40.4 Å². The molecule has 12 nitrogen and oxygen atoms in total. The quantitative estimate of drug-likeness (QED) is 0.0364. The van der Waals surface area contributed by atoms with Crippen molar-refractivity contribution in [2.75, 3.05) is 54.6 Å².